The van der Waals surface area contributed by atoms with E-state index in [1.807, 2.05) is 13.1 Å². The molecule has 0 spiro atoms. The van der Waals surface area contributed by atoms with Crippen molar-refractivity contribution < 1.29 is 0 Å². The van der Waals surface area contributed by atoms with Gasteiger partial charge in [0, 0.05) is 20.1 Å². The van der Waals surface area contributed by atoms with E-state index in [1.54, 1.807) is 6.20 Å². The lowest BCUT2D eigenvalue weighted by atomic mass is 10.1. The topological polar surface area (TPSA) is 56.0 Å². The zero-order chi connectivity index (χ0) is 12.3. The lowest BCUT2D eigenvalue weighted by Gasteiger charge is -2.21. The van der Waals surface area contributed by atoms with Gasteiger partial charge in [0.2, 0.25) is 0 Å². The molecule has 5 heteroatoms. The van der Waals surface area contributed by atoms with E-state index in [1.165, 1.54) is 19.2 Å². The van der Waals surface area contributed by atoms with Gasteiger partial charge in [0.1, 0.15) is 11.9 Å². The zero-order valence-corrected chi connectivity index (χ0v) is 10.3. The Balaban J connectivity index is 1.95. The van der Waals surface area contributed by atoms with Gasteiger partial charge in [-0.3, -0.25) is 0 Å². The van der Waals surface area contributed by atoms with Crippen LogP contribution in [0.4, 0.5) is 5.82 Å². The maximum atomic E-state index is 8.65. The van der Waals surface area contributed by atoms with Crippen molar-refractivity contribution in [2.45, 2.75) is 6.42 Å². The summed E-state index contributed by atoms with van der Waals surface area (Å²) in [6.45, 7) is 3.32. The average Bonchev–Trinajstić information content (AvgIpc) is 2.75. The molecule has 0 saturated carbocycles. The lowest BCUT2D eigenvalue weighted by molar-refractivity contribution is 0.395. The Hall–Kier alpha value is -1.67. The first-order valence-electron chi connectivity index (χ1n) is 5.81. The molecule has 0 radical (unpaired) electrons. The molecule has 90 valence electrons. The van der Waals surface area contributed by atoms with Gasteiger partial charge in [0.15, 0.2) is 5.69 Å². The van der Waals surface area contributed by atoms with Crippen LogP contribution in [0.25, 0.3) is 0 Å². The number of aromatic nitrogens is 2. The van der Waals surface area contributed by atoms with Crippen molar-refractivity contribution in [3.8, 4) is 6.07 Å². The summed E-state index contributed by atoms with van der Waals surface area (Å²) < 4.78 is 0. The monoisotopic (exact) mass is 231 g/mol. The molecular formula is C12H17N5. The summed E-state index contributed by atoms with van der Waals surface area (Å²) in [7, 11) is 4.18. The highest BCUT2D eigenvalue weighted by atomic mass is 15.2. The van der Waals surface area contributed by atoms with E-state index in [-0.39, 0.29) is 0 Å². The highest BCUT2D eigenvalue weighted by Crippen LogP contribution is 2.17. The third-order valence-corrected chi connectivity index (χ3v) is 3.16. The third-order valence-electron chi connectivity index (χ3n) is 3.16. The van der Waals surface area contributed by atoms with Crippen molar-refractivity contribution in [2.75, 3.05) is 38.6 Å². The van der Waals surface area contributed by atoms with Gasteiger partial charge in [-0.05, 0) is 25.9 Å². The Bertz CT molecular complexity index is 408. The predicted molar refractivity (Wildman–Crippen MR) is 65.6 cm³/mol. The molecule has 0 amide bonds. The minimum Gasteiger partial charge on any atom is -0.358 e. The number of nitriles is 1. The first kappa shape index (κ1) is 11.8. The SMILES string of the molecule is CN1CCC(CN(C)c2cnc(C#N)cn2)C1. The molecule has 5 nitrogen and oxygen atoms in total. The minimum atomic E-state index is 0.364. The van der Waals surface area contributed by atoms with Gasteiger partial charge in [-0.1, -0.05) is 0 Å². The maximum Gasteiger partial charge on any atom is 0.158 e. The highest BCUT2D eigenvalue weighted by Gasteiger charge is 2.21. The molecule has 0 bridgehead atoms. The quantitative estimate of drug-likeness (QED) is 0.768. The Morgan fingerprint density at radius 3 is 2.88 bits per heavy atom. The van der Waals surface area contributed by atoms with Gasteiger partial charge in [-0.2, -0.15) is 5.26 Å². The fourth-order valence-corrected chi connectivity index (χ4v) is 2.23. The molecule has 0 aromatic carbocycles. The summed E-state index contributed by atoms with van der Waals surface area (Å²) in [6.07, 6.45) is 4.42. The number of hydrogen-bond acceptors (Lipinski definition) is 5. The van der Waals surface area contributed by atoms with Gasteiger partial charge in [0.25, 0.3) is 0 Å². The molecule has 1 aromatic heterocycles. The predicted octanol–water partition coefficient (Wildman–Crippen LogP) is 0.736. The largest absolute Gasteiger partial charge is 0.358 e. The molecule has 1 aliphatic heterocycles. The minimum absolute atomic E-state index is 0.364. The molecule has 1 aromatic rings. The summed E-state index contributed by atoms with van der Waals surface area (Å²) in [6, 6.07) is 1.97. The van der Waals surface area contributed by atoms with Gasteiger partial charge in [-0.15, -0.1) is 0 Å². The van der Waals surface area contributed by atoms with Crippen LogP contribution in [0.1, 0.15) is 12.1 Å². The fraction of sp³-hybridized carbons (Fsp3) is 0.583. The van der Waals surface area contributed by atoms with Crippen LogP contribution in [-0.2, 0) is 0 Å². The molecule has 0 aliphatic carbocycles. The number of rotatable bonds is 3. The molecule has 2 rings (SSSR count). The van der Waals surface area contributed by atoms with Crippen LogP contribution in [-0.4, -0.2) is 48.6 Å². The van der Waals surface area contributed by atoms with Gasteiger partial charge < -0.3 is 9.80 Å². The smallest absolute Gasteiger partial charge is 0.158 e. The Morgan fingerprint density at radius 2 is 2.35 bits per heavy atom. The molecule has 1 atom stereocenters. The molecule has 0 N–H and O–H groups in total. The molecule has 1 saturated heterocycles. The van der Waals surface area contributed by atoms with Crippen LogP contribution in [0.2, 0.25) is 0 Å². The number of likely N-dealkylation sites (tertiary alicyclic amines) is 1. The molecule has 17 heavy (non-hydrogen) atoms. The van der Waals surface area contributed by atoms with Crippen molar-refractivity contribution in [2.24, 2.45) is 5.92 Å². The van der Waals surface area contributed by atoms with Gasteiger partial charge in [0.05, 0.1) is 12.4 Å². The summed E-state index contributed by atoms with van der Waals surface area (Å²) in [5, 5.41) is 8.65. The molecule has 1 fully saturated rings. The highest BCUT2D eigenvalue weighted by molar-refractivity contribution is 5.36. The van der Waals surface area contributed by atoms with E-state index in [0.29, 0.717) is 11.6 Å². The van der Waals surface area contributed by atoms with Gasteiger partial charge >= 0.3 is 0 Å². The first-order valence-corrected chi connectivity index (χ1v) is 5.81. The van der Waals surface area contributed by atoms with E-state index in [9.17, 15) is 0 Å². The molecule has 1 aliphatic rings. The zero-order valence-electron chi connectivity index (χ0n) is 10.3. The third kappa shape index (κ3) is 2.92. The Kier molecular flexibility index (Phi) is 3.55. The van der Waals surface area contributed by atoms with E-state index in [2.05, 4.69) is 26.8 Å². The van der Waals surface area contributed by atoms with Crippen molar-refractivity contribution in [1.82, 2.24) is 14.9 Å². The second-order valence-electron chi connectivity index (χ2n) is 4.67. The standard InChI is InChI=1S/C12H17N5/c1-16-4-3-10(8-16)9-17(2)12-7-14-11(5-13)6-15-12/h6-7,10H,3-4,8-9H2,1-2H3. The Morgan fingerprint density at radius 1 is 1.53 bits per heavy atom. The first-order chi connectivity index (χ1) is 8.19. The summed E-state index contributed by atoms with van der Waals surface area (Å²) in [5.74, 6) is 1.53. The number of nitrogens with zero attached hydrogens (tertiary/aromatic N) is 5. The van der Waals surface area contributed by atoms with Crippen molar-refractivity contribution >= 4 is 5.82 Å². The normalized spacial score (nSPS) is 20.2. The van der Waals surface area contributed by atoms with Crippen molar-refractivity contribution in [3.05, 3.63) is 18.1 Å². The van der Waals surface area contributed by atoms with Crippen LogP contribution >= 0.6 is 0 Å². The van der Waals surface area contributed by atoms with E-state index in [4.69, 9.17) is 5.26 Å². The van der Waals surface area contributed by atoms with E-state index in [0.717, 1.165) is 18.9 Å². The van der Waals surface area contributed by atoms with E-state index >= 15 is 0 Å². The number of hydrogen-bond donors (Lipinski definition) is 0. The van der Waals surface area contributed by atoms with Crippen LogP contribution < -0.4 is 4.90 Å². The second kappa shape index (κ2) is 5.11. The van der Waals surface area contributed by atoms with Crippen LogP contribution in [0.3, 0.4) is 0 Å². The van der Waals surface area contributed by atoms with Crippen molar-refractivity contribution in [1.29, 1.82) is 5.26 Å². The molecule has 2 heterocycles. The summed E-state index contributed by atoms with van der Waals surface area (Å²) in [4.78, 5) is 12.7. The van der Waals surface area contributed by atoms with Crippen LogP contribution in [0, 0.1) is 17.2 Å². The Labute approximate surface area is 102 Å². The van der Waals surface area contributed by atoms with Crippen LogP contribution in [0.5, 0.6) is 0 Å². The summed E-state index contributed by atoms with van der Waals surface area (Å²) in [5.41, 5.74) is 0.364. The van der Waals surface area contributed by atoms with Crippen molar-refractivity contribution in [3.63, 3.8) is 0 Å². The molecule has 1 unspecified atom stereocenters. The van der Waals surface area contributed by atoms with Gasteiger partial charge in [-0.25, -0.2) is 9.97 Å². The van der Waals surface area contributed by atoms with E-state index < -0.39 is 0 Å². The summed E-state index contributed by atoms with van der Waals surface area (Å²) >= 11 is 0. The maximum absolute atomic E-state index is 8.65. The van der Waals surface area contributed by atoms with Crippen LogP contribution in [0.15, 0.2) is 12.4 Å². The second-order valence-corrected chi connectivity index (χ2v) is 4.67. The molecular weight excluding hydrogens is 214 g/mol. The average molecular weight is 231 g/mol. The number of anilines is 1. The lowest BCUT2D eigenvalue weighted by Crippen LogP contribution is -2.27. The fourth-order valence-electron chi connectivity index (χ4n) is 2.23.